The van der Waals surface area contributed by atoms with Crippen LogP contribution in [-0.2, 0) is 16.4 Å². The van der Waals surface area contributed by atoms with Crippen LogP contribution in [0.1, 0.15) is 16.7 Å². The number of nitrogens with zero attached hydrogens (tertiary/aromatic N) is 1. The van der Waals surface area contributed by atoms with Gasteiger partial charge in [0.1, 0.15) is 11.6 Å². The normalized spacial score (nSPS) is 12.1. The Morgan fingerprint density at radius 1 is 1.03 bits per heavy atom. The molecule has 0 aliphatic rings. The number of ether oxygens (including phenoxy) is 1. The van der Waals surface area contributed by atoms with Crippen LogP contribution < -0.4 is 9.46 Å². The SMILES string of the molecule is COc1ccc2[nH]cc(CCN=C(NS(=O)(=O)c3ccc(C)cc3)c3ccccc3)c2c1. The summed E-state index contributed by atoms with van der Waals surface area (Å²) in [6.07, 6.45) is 2.61. The van der Waals surface area contributed by atoms with Crippen LogP contribution in [0, 0.1) is 6.92 Å². The van der Waals surface area contributed by atoms with E-state index in [0.29, 0.717) is 24.4 Å². The first-order chi connectivity index (χ1) is 15.5. The Kier molecular flexibility index (Phi) is 6.28. The highest BCUT2D eigenvalue weighted by Crippen LogP contribution is 2.24. The summed E-state index contributed by atoms with van der Waals surface area (Å²) in [4.78, 5) is 8.09. The Morgan fingerprint density at radius 3 is 2.50 bits per heavy atom. The van der Waals surface area contributed by atoms with E-state index in [1.165, 1.54) is 0 Å². The highest BCUT2D eigenvalue weighted by atomic mass is 32.2. The van der Waals surface area contributed by atoms with Gasteiger partial charge in [0, 0.05) is 29.2 Å². The Hall–Kier alpha value is -3.58. The van der Waals surface area contributed by atoms with Gasteiger partial charge >= 0.3 is 0 Å². The topological polar surface area (TPSA) is 83.5 Å². The number of amidine groups is 1. The van der Waals surface area contributed by atoms with Crippen molar-refractivity contribution < 1.29 is 13.2 Å². The highest BCUT2D eigenvalue weighted by Gasteiger charge is 2.17. The summed E-state index contributed by atoms with van der Waals surface area (Å²) in [5, 5.41) is 1.07. The standard InChI is InChI=1S/C25H25N3O3S/c1-18-8-11-22(12-9-18)32(29,30)28-25(19-6-4-3-5-7-19)26-15-14-20-17-27-24-13-10-21(31-2)16-23(20)24/h3-13,16-17,27H,14-15H2,1-2H3,(H,26,28). The molecule has 0 radical (unpaired) electrons. The number of aliphatic imine (C=N–C) groups is 1. The summed E-state index contributed by atoms with van der Waals surface area (Å²) in [6.45, 7) is 2.34. The lowest BCUT2D eigenvalue weighted by Gasteiger charge is -2.12. The fraction of sp³-hybridized carbons (Fsp3) is 0.160. The van der Waals surface area contributed by atoms with Gasteiger partial charge in [-0.05, 0) is 49.2 Å². The monoisotopic (exact) mass is 447 g/mol. The maximum Gasteiger partial charge on any atom is 0.263 e. The number of hydrogen-bond donors (Lipinski definition) is 2. The molecule has 1 heterocycles. The third kappa shape index (κ3) is 4.84. The number of nitrogens with one attached hydrogen (secondary N) is 2. The molecule has 0 unspecified atom stereocenters. The Labute approximate surface area is 188 Å². The van der Waals surface area contributed by atoms with Crippen LogP contribution in [0.5, 0.6) is 5.75 Å². The van der Waals surface area contributed by atoms with Gasteiger partial charge in [-0.15, -0.1) is 0 Å². The summed E-state index contributed by atoms with van der Waals surface area (Å²) < 4.78 is 33.9. The average molecular weight is 448 g/mol. The van der Waals surface area contributed by atoms with Gasteiger partial charge in [0.05, 0.1) is 12.0 Å². The molecule has 164 valence electrons. The van der Waals surface area contributed by atoms with Gasteiger partial charge in [-0.2, -0.15) is 0 Å². The van der Waals surface area contributed by atoms with Crippen molar-refractivity contribution in [2.45, 2.75) is 18.2 Å². The highest BCUT2D eigenvalue weighted by molar-refractivity contribution is 7.90. The molecule has 0 atom stereocenters. The molecule has 0 aliphatic carbocycles. The van der Waals surface area contributed by atoms with Crippen LogP contribution in [0.3, 0.4) is 0 Å². The molecule has 0 aliphatic heterocycles. The molecule has 0 bridgehead atoms. The quantitative estimate of drug-likeness (QED) is 0.324. The summed E-state index contributed by atoms with van der Waals surface area (Å²) in [7, 11) is -2.11. The van der Waals surface area contributed by atoms with E-state index in [9.17, 15) is 8.42 Å². The molecule has 6 nitrogen and oxygen atoms in total. The number of sulfonamides is 1. The zero-order chi connectivity index (χ0) is 22.6. The third-order valence-corrected chi connectivity index (χ3v) is 6.59. The van der Waals surface area contributed by atoms with Crippen molar-refractivity contribution in [3.05, 3.63) is 95.7 Å². The largest absolute Gasteiger partial charge is 0.497 e. The Bertz CT molecular complexity index is 1340. The fourth-order valence-electron chi connectivity index (χ4n) is 3.46. The summed E-state index contributed by atoms with van der Waals surface area (Å²) in [5.74, 6) is 1.11. The van der Waals surface area contributed by atoms with Gasteiger partial charge in [0.25, 0.3) is 10.0 Å². The minimum absolute atomic E-state index is 0.204. The fourth-order valence-corrected chi connectivity index (χ4v) is 4.51. The molecule has 4 rings (SSSR count). The molecular formula is C25H25N3O3S. The minimum Gasteiger partial charge on any atom is -0.497 e. The van der Waals surface area contributed by atoms with Gasteiger partial charge in [0.2, 0.25) is 0 Å². The van der Waals surface area contributed by atoms with Crippen LogP contribution in [0.4, 0.5) is 0 Å². The number of benzene rings is 3. The maximum atomic E-state index is 13.0. The van der Waals surface area contributed by atoms with Crippen molar-refractivity contribution >= 4 is 26.8 Å². The lowest BCUT2D eigenvalue weighted by atomic mass is 10.1. The molecule has 4 aromatic rings. The number of aromatic nitrogens is 1. The number of aromatic amines is 1. The maximum absolute atomic E-state index is 13.0. The summed E-state index contributed by atoms with van der Waals surface area (Å²) in [6, 6.07) is 21.9. The van der Waals surface area contributed by atoms with E-state index in [2.05, 4.69) is 14.7 Å². The molecule has 0 fully saturated rings. The minimum atomic E-state index is -3.76. The van der Waals surface area contributed by atoms with Crippen LogP contribution >= 0.6 is 0 Å². The van der Waals surface area contributed by atoms with Gasteiger partial charge in [-0.1, -0.05) is 48.0 Å². The van der Waals surface area contributed by atoms with Crippen molar-refractivity contribution in [3.8, 4) is 5.75 Å². The van der Waals surface area contributed by atoms with Crippen LogP contribution in [0.25, 0.3) is 10.9 Å². The zero-order valence-electron chi connectivity index (χ0n) is 18.0. The molecule has 0 amide bonds. The van der Waals surface area contributed by atoms with Crippen molar-refractivity contribution in [1.29, 1.82) is 0 Å². The Balaban J connectivity index is 1.59. The smallest absolute Gasteiger partial charge is 0.263 e. The Morgan fingerprint density at radius 2 is 1.78 bits per heavy atom. The average Bonchev–Trinajstić information content (AvgIpc) is 3.21. The van der Waals surface area contributed by atoms with E-state index < -0.39 is 10.0 Å². The molecular weight excluding hydrogens is 422 g/mol. The molecule has 3 aromatic carbocycles. The molecule has 2 N–H and O–H groups in total. The van der Waals surface area contributed by atoms with Gasteiger partial charge < -0.3 is 9.72 Å². The number of fused-ring (bicyclic) bond motifs is 1. The first-order valence-electron chi connectivity index (χ1n) is 10.3. The molecule has 7 heteroatoms. The number of hydrogen-bond acceptors (Lipinski definition) is 4. The van der Waals surface area contributed by atoms with E-state index in [1.807, 2.05) is 61.7 Å². The summed E-state index contributed by atoms with van der Waals surface area (Å²) >= 11 is 0. The molecule has 0 saturated carbocycles. The molecule has 32 heavy (non-hydrogen) atoms. The van der Waals surface area contributed by atoms with E-state index in [4.69, 9.17) is 4.74 Å². The van der Waals surface area contributed by atoms with Crippen molar-refractivity contribution in [2.75, 3.05) is 13.7 Å². The predicted molar refractivity (Wildman–Crippen MR) is 128 cm³/mol. The van der Waals surface area contributed by atoms with Gasteiger partial charge in [0.15, 0.2) is 0 Å². The van der Waals surface area contributed by atoms with E-state index >= 15 is 0 Å². The second-order valence-electron chi connectivity index (χ2n) is 7.49. The second-order valence-corrected chi connectivity index (χ2v) is 9.17. The van der Waals surface area contributed by atoms with E-state index in [-0.39, 0.29) is 4.90 Å². The van der Waals surface area contributed by atoms with E-state index in [0.717, 1.165) is 27.8 Å². The predicted octanol–water partition coefficient (Wildman–Crippen LogP) is 4.45. The van der Waals surface area contributed by atoms with E-state index in [1.54, 1.807) is 31.4 Å². The molecule has 1 aromatic heterocycles. The van der Waals surface area contributed by atoms with Crippen molar-refractivity contribution in [3.63, 3.8) is 0 Å². The number of methoxy groups -OCH3 is 1. The van der Waals surface area contributed by atoms with Gasteiger partial charge in [-0.25, -0.2) is 8.42 Å². The first-order valence-corrected chi connectivity index (χ1v) is 11.8. The van der Waals surface area contributed by atoms with Crippen molar-refractivity contribution in [1.82, 2.24) is 9.71 Å². The van der Waals surface area contributed by atoms with Crippen LogP contribution in [0.2, 0.25) is 0 Å². The summed E-state index contributed by atoms with van der Waals surface area (Å²) in [5.41, 5.74) is 3.82. The zero-order valence-corrected chi connectivity index (χ0v) is 18.8. The van der Waals surface area contributed by atoms with Gasteiger partial charge in [-0.3, -0.25) is 9.71 Å². The van der Waals surface area contributed by atoms with Crippen LogP contribution in [-0.4, -0.2) is 32.9 Å². The van der Waals surface area contributed by atoms with Crippen molar-refractivity contribution in [2.24, 2.45) is 4.99 Å². The molecule has 0 saturated heterocycles. The number of aryl methyl sites for hydroxylation is 1. The van der Waals surface area contributed by atoms with Crippen LogP contribution in [0.15, 0.2) is 88.9 Å². The number of H-pyrrole nitrogens is 1. The first kappa shape index (κ1) is 21.6. The second kappa shape index (κ2) is 9.28. The lowest BCUT2D eigenvalue weighted by Crippen LogP contribution is -2.31. The third-order valence-electron chi connectivity index (χ3n) is 5.24. The molecule has 0 spiro atoms. The lowest BCUT2D eigenvalue weighted by molar-refractivity contribution is 0.415. The number of rotatable bonds is 7.